The molecule has 0 aliphatic carbocycles. The van der Waals surface area contributed by atoms with E-state index in [9.17, 15) is 4.79 Å². The second-order valence-electron chi connectivity index (χ2n) is 2.47. The minimum atomic E-state index is -0.476. The smallest absolute Gasteiger partial charge is 0.409 e. The number of hydrogen-bond donors (Lipinski definition) is 1. The molecular formula is C9H17NO3. The number of carbonyl (C=O) groups excluding carboxylic acids is 1. The lowest BCUT2D eigenvalue weighted by atomic mass is 10.4. The number of carbonyl (C=O) groups is 1. The molecule has 4 heteroatoms. The van der Waals surface area contributed by atoms with Crippen molar-refractivity contribution in [3.05, 3.63) is 12.7 Å². The molecule has 0 unspecified atom stereocenters. The van der Waals surface area contributed by atoms with Gasteiger partial charge in [-0.1, -0.05) is 26.0 Å². The highest BCUT2D eigenvalue weighted by Gasteiger charge is 1.97. The van der Waals surface area contributed by atoms with Crippen LogP contribution in [0.3, 0.4) is 0 Å². The maximum Gasteiger partial charge on any atom is 0.409 e. The van der Waals surface area contributed by atoms with Gasteiger partial charge < -0.3 is 9.47 Å². The Bertz CT molecular complexity index is 148. The largest absolute Gasteiger partial charge is 0.445 e. The van der Waals surface area contributed by atoms with Crippen LogP contribution in [0.4, 0.5) is 4.79 Å². The molecule has 0 fully saturated rings. The fraction of sp³-hybridized carbons (Fsp3) is 0.667. The summed E-state index contributed by atoms with van der Waals surface area (Å²) >= 11 is 0. The van der Waals surface area contributed by atoms with E-state index in [1.54, 1.807) is 0 Å². The number of rotatable bonds is 7. The van der Waals surface area contributed by atoms with Crippen molar-refractivity contribution in [2.45, 2.75) is 19.8 Å². The summed E-state index contributed by atoms with van der Waals surface area (Å²) in [5, 5.41) is 2.45. The van der Waals surface area contributed by atoms with E-state index in [1.807, 2.05) is 0 Å². The monoisotopic (exact) mass is 187 g/mol. The minimum absolute atomic E-state index is 0.204. The molecule has 0 heterocycles. The third-order valence-corrected chi connectivity index (χ3v) is 1.29. The van der Waals surface area contributed by atoms with Crippen molar-refractivity contribution in [3.63, 3.8) is 0 Å². The Kier molecular flexibility index (Phi) is 8.34. The highest BCUT2D eigenvalue weighted by molar-refractivity contribution is 5.66. The van der Waals surface area contributed by atoms with Crippen molar-refractivity contribution in [2.24, 2.45) is 0 Å². The summed E-state index contributed by atoms with van der Waals surface area (Å²) in [6.07, 6.45) is 3.12. The summed E-state index contributed by atoms with van der Waals surface area (Å²) in [5.41, 5.74) is 0. The van der Waals surface area contributed by atoms with Crippen LogP contribution in [0.15, 0.2) is 12.7 Å². The van der Waals surface area contributed by atoms with Gasteiger partial charge in [0.15, 0.2) is 0 Å². The molecule has 0 aromatic heterocycles. The van der Waals surface area contributed by atoms with Crippen molar-refractivity contribution in [1.82, 2.24) is 5.32 Å². The standard InChI is InChI=1S/C9H17NO3/c1-3-5-7-12-8-10-9(11)13-6-4-2/h4H,2-3,5-8H2,1H3,(H,10,11). The summed E-state index contributed by atoms with van der Waals surface area (Å²) < 4.78 is 9.74. The molecular weight excluding hydrogens is 170 g/mol. The molecule has 0 aromatic rings. The van der Waals surface area contributed by atoms with Gasteiger partial charge in [-0.2, -0.15) is 0 Å². The Morgan fingerprint density at radius 1 is 1.62 bits per heavy atom. The van der Waals surface area contributed by atoms with Crippen molar-refractivity contribution in [3.8, 4) is 0 Å². The molecule has 0 saturated heterocycles. The Morgan fingerprint density at radius 2 is 2.38 bits per heavy atom. The van der Waals surface area contributed by atoms with Gasteiger partial charge in [0.1, 0.15) is 13.3 Å². The van der Waals surface area contributed by atoms with E-state index in [-0.39, 0.29) is 13.3 Å². The molecule has 0 atom stereocenters. The van der Waals surface area contributed by atoms with Crippen molar-refractivity contribution in [1.29, 1.82) is 0 Å². The third kappa shape index (κ3) is 8.88. The van der Waals surface area contributed by atoms with Crippen molar-refractivity contribution in [2.75, 3.05) is 19.9 Å². The van der Waals surface area contributed by atoms with E-state index in [0.717, 1.165) is 12.8 Å². The lowest BCUT2D eigenvalue weighted by molar-refractivity contribution is 0.0980. The van der Waals surface area contributed by atoms with Crippen LogP contribution in [0.1, 0.15) is 19.8 Å². The van der Waals surface area contributed by atoms with E-state index in [2.05, 4.69) is 23.6 Å². The predicted molar refractivity (Wildman–Crippen MR) is 50.4 cm³/mol. The van der Waals surface area contributed by atoms with Crippen LogP contribution in [0, 0.1) is 0 Å². The number of amides is 1. The average Bonchev–Trinajstić information content (AvgIpc) is 2.14. The number of ether oxygens (including phenoxy) is 2. The quantitative estimate of drug-likeness (QED) is 0.374. The summed E-state index contributed by atoms with van der Waals surface area (Å²) in [6.45, 7) is 6.59. The number of alkyl carbamates (subject to hydrolysis) is 1. The lowest BCUT2D eigenvalue weighted by Gasteiger charge is -2.05. The lowest BCUT2D eigenvalue weighted by Crippen LogP contribution is -2.27. The molecule has 0 aromatic carbocycles. The Labute approximate surface area is 78.9 Å². The SMILES string of the molecule is C=CCOC(=O)NCOCCCC. The number of hydrogen-bond acceptors (Lipinski definition) is 3. The van der Waals surface area contributed by atoms with Gasteiger partial charge in [-0.3, -0.25) is 5.32 Å². The molecule has 0 aliphatic heterocycles. The first-order valence-electron chi connectivity index (χ1n) is 4.40. The molecule has 0 spiro atoms. The molecule has 1 amide bonds. The Hall–Kier alpha value is -1.03. The maximum atomic E-state index is 10.8. The second kappa shape index (κ2) is 9.06. The summed E-state index contributed by atoms with van der Waals surface area (Å²) in [4.78, 5) is 10.8. The van der Waals surface area contributed by atoms with Gasteiger partial charge >= 0.3 is 6.09 Å². The first-order valence-corrected chi connectivity index (χ1v) is 4.40. The molecule has 4 nitrogen and oxygen atoms in total. The van der Waals surface area contributed by atoms with Gasteiger partial charge in [-0.05, 0) is 6.42 Å². The predicted octanol–water partition coefficient (Wildman–Crippen LogP) is 1.67. The van der Waals surface area contributed by atoms with Crippen LogP contribution in [-0.4, -0.2) is 26.0 Å². The highest BCUT2D eigenvalue weighted by Crippen LogP contribution is 1.86. The van der Waals surface area contributed by atoms with E-state index >= 15 is 0 Å². The minimum Gasteiger partial charge on any atom is -0.445 e. The van der Waals surface area contributed by atoms with Crippen LogP contribution in [0.25, 0.3) is 0 Å². The van der Waals surface area contributed by atoms with E-state index < -0.39 is 6.09 Å². The van der Waals surface area contributed by atoms with Gasteiger partial charge in [-0.25, -0.2) is 4.79 Å². The Morgan fingerprint density at radius 3 is 3.00 bits per heavy atom. The highest BCUT2D eigenvalue weighted by atomic mass is 16.6. The summed E-state index contributed by atoms with van der Waals surface area (Å²) in [7, 11) is 0. The first-order chi connectivity index (χ1) is 6.31. The molecule has 0 bridgehead atoms. The maximum absolute atomic E-state index is 10.8. The van der Waals surface area contributed by atoms with Gasteiger partial charge in [0, 0.05) is 6.61 Å². The third-order valence-electron chi connectivity index (χ3n) is 1.29. The van der Waals surface area contributed by atoms with Crippen LogP contribution < -0.4 is 5.32 Å². The van der Waals surface area contributed by atoms with E-state index in [0.29, 0.717) is 6.61 Å². The summed E-state index contributed by atoms with van der Waals surface area (Å²) in [6, 6.07) is 0. The van der Waals surface area contributed by atoms with Gasteiger partial charge in [0.2, 0.25) is 0 Å². The zero-order chi connectivity index (χ0) is 9.94. The zero-order valence-electron chi connectivity index (χ0n) is 8.04. The second-order valence-corrected chi connectivity index (χ2v) is 2.47. The van der Waals surface area contributed by atoms with Crippen LogP contribution in [0.5, 0.6) is 0 Å². The van der Waals surface area contributed by atoms with Gasteiger partial charge in [-0.15, -0.1) is 0 Å². The summed E-state index contributed by atoms with van der Waals surface area (Å²) in [5.74, 6) is 0. The van der Waals surface area contributed by atoms with Crippen LogP contribution in [0.2, 0.25) is 0 Å². The normalized spacial score (nSPS) is 9.31. The van der Waals surface area contributed by atoms with Gasteiger partial charge in [0.05, 0.1) is 0 Å². The number of nitrogens with one attached hydrogen (secondary N) is 1. The molecule has 13 heavy (non-hydrogen) atoms. The Balaban J connectivity index is 3.12. The van der Waals surface area contributed by atoms with Crippen LogP contribution in [-0.2, 0) is 9.47 Å². The molecule has 0 rings (SSSR count). The fourth-order valence-electron chi connectivity index (χ4n) is 0.614. The average molecular weight is 187 g/mol. The van der Waals surface area contributed by atoms with Gasteiger partial charge in [0.25, 0.3) is 0 Å². The fourth-order valence-corrected chi connectivity index (χ4v) is 0.614. The zero-order valence-corrected chi connectivity index (χ0v) is 8.04. The molecule has 0 saturated carbocycles. The molecule has 0 radical (unpaired) electrons. The number of unbranched alkanes of at least 4 members (excludes halogenated alkanes) is 1. The van der Waals surface area contributed by atoms with Crippen molar-refractivity contribution < 1.29 is 14.3 Å². The molecule has 76 valence electrons. The van der Waals surface area contributed by atoms with E-state index in [1.165, 1.54) is 6.08 Å². The van der Waals surface area contributed by atoms with E-state index in [4.69, 9.17) is 4.74 Å². The first kappa shape index (κ1) is 12.0. The van der Waals surface area contributed by atoms with Crippen molar-refractivity contribution >= 4 is 6.09 Å². The molecule has 1 N–H and O–H groups in total. The topological polar surface area (TPSA) is 47.6 Å². The molecule has 0 aliphatic rings. The van der Waals surface area contributed by atoms with Crippen LogP contribution >= 0.6 is 0 Å².